The zero-order chi connectivity index (χ0) is 16.4. The normalized spacial score (nSPS) is 11.1. The van der Waals surface area contributed by atoms with Crippen molar-refractivity contribution in [3.8, 4) is 5.75 Å². The maximum absolute atomic E-state index is 12.2. The molecule has 2 heterocycles. The number of nitrogens with zero attached hydrogens (tertiary/aromatic N) is 1. The van der Waals surface area contributed by atoms with Crippen LogP contribution in [0.2, 0.25) is 0 Å². The van der Waals surface area contributed by atoms with Gasteiger partial charge in [-0.2, -0.15) is 0 Å². The van der Waals surface area contributed by atoms with Crippen molar-refractivity contribution in [3.05, 3.63) is 35.7 Å². The van der Waals surface area contributed by atoms with Crippen molar-refractivity contribution in [2.45, 2.75) is 13.5 Å². The van der Waals surface area contributed by atoms with Gasteiger partial charge in [0.15, 0.2) is 5.69 Å². The Bertz CT molecular complexity index is 870. The van der Waals surface area contributed by atoms with Crippen LogP contribution >= 0.6 is 0 Å². The highest BCUT2D eigenvalue weighted by molar-refractivity contribution is 6.13. The first kappa shape index (κ1) is 15.3. The summed E-state index contributed by atoms with van der Waals surface area (Å²) in [6, 6.07) is 5.75. The van der Waals surface area contributed by atoms with Gasteiger partial charge in [-0.25, -0.2) is 9.78 Å². The van der Waals surface area contributed by atoms with E-state index in [9.17, 15) is 4.79 Å². The Labute approximate surface area is 133 Å². The fourth-order valence-electron chi connectivity index (χ4n) is 2.80. The van der Waals surface area contributed by atoms with E-state index < -0.39 is 5.97 Å². The van der Waals surface area contributed by atoms with E-state index in [1.54, 1.807) is 27.3 Å². The van der Waals surface area contributed by atoms with Crippen LogP contribution in [0.5, 0.6) is 5.75 Å². The number of hydrogen-bond acceptors (Lipinski definition) is 5. The average Bonchev–Trinajstić information content (AvgIpc) is 2.94. The maximum Gasteiger partial charge on any atom is 0.357 e. The van der Waals surface area contributed by atoms with Crippen molar-refractivity contribution in [1.82, 2.24) is 9.97 Å². The molecule has 0 bridgehead atoms. The molecular formula is C17H18N2O4. The minimum atomic E-state index is -0.453. The third-order valence-electron chi connectivity index (χ3n) is 3.70. The number of ether oxygens (including phenoxy) is 3. The highest BCUT2D eigenvalue weighted by Crippen LogP contribution is 2.36. The summed E-state index contributed by atoms with van der Waals surface area (Å²) in [6.45, 7) is 2.31. The van der Waals surface area contributed by atoms with Gasteiger partial charge < -0.3 is 19.2 Å². The first-order valence-electron chi connectivity index (χ1n) is 7.33. The summed E-state index contributed by atoms with van der Waals surface area (Å²) in [7, 11) is 3.21. The summed E-state index contributed by atoms with van der Waals surface area (Å²) < 4.78 is 15.9. The topological polar surface area (TPSA) is 73.4 Å². The monoisotopic (exact) mass is 314 g/mol. The lowest BCUT2D eigenvalue weighted by molar-refractivity contribution is 0.0514. The van der Waals surface area contributed by atoms with Gasteiger partial charge in [-0.3, -0.25) is 0 Å². The molecule has 0 atom stereocenters. The van der Waals surface area contributed by atoms with Gasteiger partial charge in [0.05, 0.1) is 37.6 Å². The second-order valence-corrected chi connectivity index (χ2v) is 5.04. The molecule has 3 rings (SSSR count). The zero-order valence-electron chi connectivity index (χ0n) is 13.3. The molecule has 120 valence electrons. The molecule has 0 fully saturated rings. The number of pyridine rings is 1. The molecule has 6 nitrogen and oxygen atoms in total. The second kappa shape index (κ2) is 6.26. The number of methoxy groups -OCH3 is 2. The molecular weight excluding hydrogens is 296 g/mol. The van der Waals surface area contributed by atoms with E-state index in [4.69, 9.17) is 14.2 Å². The van der Waals surface area contributed by atoms with E-state index >= 15 is 0 Å². The number of rotatable bonds is 5. The molecule has 1 aromatic carbocycles. The van der Waals surface area contributed by atoms with Gasteiger partial charge in [0.2, 0.25) is 0 Å². The van der Waals surface area contributed by atoms with E-state index in [-0.39, 0.29) is 12.3 Å². The van der Waals surface area contributed by atoms with Crippen LogP contribution in [0.4, 0.5) is 0 Å². The maximum atomic E-state index is 12.2. The summed E-state index contributed by atoms with van der Waals surface area (Å²) in [5, 5.41) is 1.78. The summed E-state index contributed by atoms with van der Waals surface area (Å²) in [4.78, 5) is 19.8. The number of carbonyl (C=O) groups is 1. The molecule has 0 spiro atoms. The van der Waals surface area contributed by atoms with Gasteiger partial charge in [-0.05, 0) is 19.1 Å². The second-order valence-electron chi connectivity index (χ2n) is 5.04. The fourth-order valence-corrected chi connectivity index (χ4v) is 2.80. The number of esters is 1. The number of benzene rings is 1. The van der Waals surface area contributed by atoms with Crippen LogP contribution in [0.1, 0.15) is 23.0 Å². The largest absolute Gasteiger partial charge is 0.496 e. The van der Waals surface area contributed by atoms with E-state index in [2.05, 4.69) is 9.97 Å². The number of fused-ring (bicyclic) bond motifs is 3. The van der Waals surface area contributed by atoms with E-state index in [1.165, 1.54) is 0 Å². The minimum Gasteiger partial charge on any atom is -0.496 e. The molecule has 0 amide bonds. The Morgan fingerprint density at radius 3 is 2.74 bits per heavy atom. The fraction of sp³-hybridized carbons (Fsp3) is 0.294. The summed E-state index contributed by atoms with van der Waals surface area (Å²) >= 11 is 0. The van der Waals surface area contributed by atoms with Gasteiger partial charge in [-0.1, -0.05) is 6.07 Å². The molecule has 23 heavy (non-hydrogen) atoms. The number of hydrogen-bond donors (Lipinski definition) is 1. The Balaban J connectivity index is 2.38. The zero-order valence-corrected chi connectivity index (χ0v) is 13.3. The number of nitrogens with one attached hydrogen (secondary N) is 1. The summed E-state index contributed by atoms with van der Waals surface area (Å²) in [5.41, 5.74) is 2.70. The van der Waals surface area contributed by atoms with Crippen molar-refractivity contribution in [2.75, 3.05) is 20.8 Å². The Hall–Kier alpha value is -2.60. The molecule has 0 aliphatic carbocycles. The van der Waals surface area contributed by atoms with Crippen LogP contribution < -0.4 is 4.74 Å². The third kappa shape index (κ3) is 2.51. The minimum absolute atomic E-state index is 0.253. The van der Waals surface area contributed by atoms with Crippen LogP contribution in [-0.2, 0) is 16.1 Å². The predicted molar refractivity (Wildman–Crippen MR) is 86.8 cm³/mol. The Morgan fingerprint density at radius 2 is 2.04 bits per heavy atom. The molecule has 0 saturated heterocycles. The molecule has 0 aliphatic rings. The quantitative estimate of drug-likeness (QED) is 0.733. The van der Waals surface area contributed by atoms with Crippen molar-refractivity contribution < 1.29 is 19.0 Å². The van der Waals surface area contributed by atoms with Crippen LogP contribution in [0, 0.1) is 0 Å². The van der Waals surface area contributed by atoms with E-state index in [0.29, 0.717) is 12.2 Å². The van der Waals surface area contributed by atoms with E-state index in [1.807, 2.05) is 18.2 Å². The molecule has 6 heteroatoms. The van der Waals surface area contributed by atoms with Gasteiger partial charge in [0.25, 0.3) is 0 Å². The van der Waals surface area contributed by atoms with Gasteiger partial charge in [-0.15, -0.1) is 0 Å². The number of carbonyl (C=O) groups excluding carboxylic acids is 1. The number of H-pyrrole nitrogens is 1. The van der Waals surface area contributed by atoms with Crippen LogP contribution in [-0.4, -0.2) is 36.8 Å². The lowest BCUT2D eigenvalue weighted by Crippen LogP contribution is -2.11. The first-order chi connectivity index (χ1) is 11.2. The Kier molecular flexibility index (Phi) is 4.16. The predicted octanol–water partition coefficient (Wildman–Crippen LogP) is 3.05. The van der Waals surface area contributed by atoms with Gasteiger partial charge in [0.1, 0.15) is 5.75 Å². The highest BCUT2D eigenvalue weighted by Gasteiger charge is 2.21. The standard InChI is InChI=1S/C17H18N2O4/c1-4-23-17(20)16-10(9-21-2)14-12(8-18-16)19-11-6-5-7-13(22-3)15(11)14/h5-8,19H,4,9H2,1-3H3. The lowest BCUT2D eigenvalue weighted by atomic mass is 10.1. The number of aromatic nitrogens is 2. The molecule has 2 aromatic heterocycles. The van der Waals surface area contributed by atoms with Crippen LogP contribution in [0.15, 0.2) is 24.4 Å². The molecule has 0 radical (unpaired) electrons. The molecule has 1 N–H and O–H groups in total. The SMILES string of the molecule is CCOC(=O)c1ncc2[nH]c3cccc(OC)c3c2c1COC. The van der Waals surface area contributed by atoms with Crippen molar-refractivity contribution in [1.29, 1.82) is 0 Å². The Morgan fingerprint density at radius 1 is 1.22 bits per heavy atom. The average molecular weight is 314 g/mol. The van der Waals surface area contributed by atoms with Crippen LogP contribution in [0.3, 0.4) is 0 Å². The molecule has 3 aromatic rings. The third-order valence-corrected chi connectivity index (χ3v) is 3.70. The summed E-state index contributed by atoms with van der Waals surface area (Å²) in [5.74, 6) is 0.276. The van der Waals surface area contributed by atoms with Crippen molar-refractivity contribution >= 4 is 27.8 Å². The van der Waals surface area contributed by atoms with Gasteiger partial charge >= 0.3 is 5.97 Å². The van der Waals surface area contributed by atoms with Crippen LogP contribution in [0.25, 0.3) is 21.8 Å². The van der Waals surface area contributed by atoms with E-state index in [0.717, 1.165) is 27.6 Å². The smallest absolute Gasteiger partial charge is 0.357 e. The first-order valence-corrected chi connectivity index (χ1v) is 7.33. The van der Waals surface area contributed by atoms with Crippen molar-refractivity contribution in [2.24, 2.45) is 0 Å². The highest BCUT2D eigenvalue weighted by atomic mass is 16.5. The molecule has 0 saturated carbocycles. The van der Waals surface area contributed by atoms with Crippen molar-refractivity contribution in [3.63, 3.8) is 0 Å². The summed E-state index contributed by atoms with van der Waals surface area (Å²) in [6.07, 6.45) is 1.64. The molecule has 0 unspecified atom stereocenters. The number of aromatic amines is 1. The molecule has 0 aliphatic heterocycles. The van der Waals surface area contributed by atoms with Gasteiger partial charge in [0, 0.05) is 23.4 Å². The lowest BCUT2D eigenvalue weighted by Gasteiger charge is -2.10.